The fraction of sp³-hybridized carbons (Fsp3) is 0.833. The third-order valence-electron chi connectivity index (χ3n) is 7.04. The van der Waals surface area contributed by atoms with Gasteiger partial charge in [-0.15, -0.1) is 0 Å². The topological polar surface area (TPSA) is 71.1 Å². The lowest BCUT2D eigenvalue weighted by atomic mass is 9.64. The zero-order valence-corrected chi connectivity index (χ0v) is 21.7. The van der Waals surface area contributed by atoms with Gasteiger partial charge in [0.2, 0.25) is 0 Å². The van der Waals surface area contributed by atoms with Gasteiger partial charge >= 0.3 is 5.97 Å². The fourth-order valence-electron chi connectivity index (χ4n) is 4.13. The molecular weight excluding hydrogens is 412 g/mol. The summed E-state index contributed by atoms with van der Waals surface area (Å²) in [6, 6.07) is 0. The van der Waals surface area contributed by atoms with E-state index in [9.17, 15) is 9.59 Å². The van der Waals surface area contributed by atoms with E-state index in [1.165, 1.54) is 0 Å². The average molecular weight is 455 g/mol. The Morgan fingerprint density at radius 2 is 1.94 bits per heavy atom. The maximum atomic E-state index is 13.2. The zero-order chi connectivity index (χ0) is 23.5. The van der Waals surface area contributed by atoms with Crippen molar-refractivity contribution in [3.05, 3.63) is 12.2 Å². The van der Waals surface area contributed by atoms with Gasteiger partial charge in [-0.05, 0) is 64.2 Å². The van der Waals surface area contributed by atoms with E-state index in [1.807, 2.05) is 20.8 Å². The average Bonchev–Trinajstić information content (AvgIpc) is 3.01. The molecule has 7 heteroatoms. The first-order valence-electron chi connectivity index (χ1n) is 11.6. The van der Waals surface area contributed by atoms with E-state index >= 15 is 0 Å². The van der Waals surface area contributed by atoms with Crippen molar-refractivity contribution in [1.82, 2.24) is 0 Å². The van der Waals surface area contributed by atoms with Gasteiger partial charge in [-0.25, -0.2) is 0 Å². The van der Waals surface area contributed by atoms with Crippen molar-refractivity contribution in [2.45, 2.75) is 97.2 Å². The molecule has 0 amide bonds. The summed E-state index contributed by atoms with van der Waals surface area (Å²) in [5.74, 6) is -1.28. The van der Waals surface area contributed by atoms with E-state index < -0.39 is 19.5 Å². The predicted octanol–water partition coefficient (Wildman–Crippen LogP) is 5.02. The van der Waals surface area contributed by atoms with Crippen LogP contribution < -0.4 is 0 Å². The van der Waals surface area contributed by atoms with Crippen LogP contribution in [0, 0.1) is 11.3 Å². The van der Waals surface area contributed by atoms with Gasteiger partial charge in [-0.2, -0.15) is 0 Å². The third-order valence-corrected chi connectivity index (χ3v) is 11.6. The minimum atomic E-state index is -1.79. The lowest BCUT2D eigenvalue weighted by Gasteiger charge is -2.41. The van der Waals surface area contributed by atoms with Gasteiger partial charge in [0.05, 0.1) is 24.7 Å². The zero-order valence-electron chi connectivity index (χ0n) is 20.7. The second-order valence-electron chi connectivity index (χ2n) is 10.8. The predicted molar refractivity (Wildman–Crippen MR) is 123 cm³/mol. The number of unbranched alkanes of at least 4 members (excludes halogenated alkanes) is 1. The Kier molecular flexibility index (Phi) is 8.34. The molecule has 1 fully saturated rings. The molecule has 0 bridgehead atoms. The van der Waals surface area contributed by atoms with Crippen molar-refractivity contribution >= 4 is 20.1 Å². The van der Waals surface area contributed by atoms with Gasteiger partial charge in [0.25, 0.3) is 0 Å². The molecule has 6 nitrogen and oxygen atoms in total. The second-order valence-corrected chi connectivity index (χ2v) is 15.6. The number of esters is 1. The first-order valence-corrected chi connectivity index (χ1v) is 14.5. The molecule has 0 N–H and O–H groups in total. The van der Waals surface area contributed by atoms with Gasteiger partial charge in [0.15, 0.2) is 19.9 Å². The molecule has 0 aromatic rings. The molecule has 1 heterocycles. The van der Waals surface area contributed by atoms with Crippen LogP contribution in [0.1, 0.15) is 67.2 Å². The van der Waals surface area contributed by atoms with E-state index in [-0.39, 0.29) is 35.2 Å². The van der Waals surface area contributed by atoms with Crippen molar-refractivity contribution < 1.29 is 28.2 Å². The summed E-state index contributed by atoms with van der Waals surface area (Å²) in [5, 5.41) is 0.170. The molecule has 1 saturated heterocycles. The maximum absolute atomic E-state index is 13.2. The molecule has 0 aromatic heterocycles. The highest BCUT2D eigenvalue weighted by Gasteiger charge is 2.53. The van der Waals surface area contributed by atoms with Gasteiger partial charge in [-0.1, -0.05) is 26.8 Å². The van der Waals surface area contributed by atoms with Crippen molar-refractivity contribution in [3.8, 4) is 0 Å². The molecule has 0 aromatic carbocycles. The van der Waals surface area contributed by atoms with Gasteiger partial charge in [0, 0.05) is 18.9 Å². The first kappa shape index (κ1) is 26.2. The maximum Gasteiger partial charge on any atom is 0.316 e. The fourth-order valence-corrected chi connectivity index (χ4v) is 5.22. The molecule has 0 unspecified atom stereocenters. The first-order chi connectivity index (χ1) is 14.2. The Labute approximate surface area is 189 Å². The molecule has 1 aliphatic heterocycles. The lowest BCUT2D eigenvalue weighted by molar-refractivity contribution is -0.170. The van der Waals surface area contributed by atoms with Crippen molar-refractivity contribution in [1.29, 1.82) is 0 Å². The minimum Gasteiger partial charge on any atom is -0.465 e. The Morgan fingerprint density at radius 1 is 1.26 bits per heavy atom. The number of ether oxygens (including phenoxy) is 3. The van der Waals surface area contributed by atoms with Crippen LogP contribution in [-0.2, 0) is 28.2 Å². The largest absolute Gasteiger partial charge is 0.465 e. The number of hydrogen-bond donors (Lipinski definition) is 0. The highest BCUT2D eigenvalue weighted by Crippen LogP contribution is 2.46. The molecule has 3 atom stereocenters. The van der Waals surface area contributed by atoms with E-state index in [2.05, 4.69) is 33.9 Å². The number of ketones is 1. The normalized spacial score (nSPS) is 28.7. The monoisotopic (exact) mass is 454 g/mol. The standard InChI is InChI=1S/C24H42O6Si/c1-9-27-21(26)24(13-10-11-15-29-31(7,8)22(2,3)4)14-12-18(25)16-19(24)20-17-28-23(5,6)30-20/h12,14,19-20H,9-11,13,15-17H2,1-8H3/t19-,20+,24+/m1/s1. The van der Waals surface area contributed by atoms with Crippen LogP contribution in [0.25, 0.3) is 0 Å². The van der Waals surface area contributed by atoms with Crippen molar-refractivity contribution in [3.63, 3.8) is 0 Å². The molecule has 0 radical (unpaired) electrons. The summed E-state index contributed by atoms with van der Waals surface area (Å²) in [6.07, 6.45) is 5.51. The van der Waals surface area contributed by atoms with Crippen LogP contribution in [0.4, 0.5) is 0 Å². The Hall–Kier alpha value is -1.02. The highest BCUT2D eigenvalue weighted by molar-refractivity contribution is 6.74. The Balaban J connectivity index is 2.14. The number of hydrogen-bond acceptors (Lipinski definition) is 6. The van der Waals surface area contributed by atoms with Crippen LogP contribution in [0.15, 0.2) is 12.2 Å². The number of carbonyl (C=O) groups is 2. The van der Waals surface area contributed by atoms with Gasteiger partial charge in [-0.3, -0.25) is 9.59 Å². The summed E-state index contributed by atoms with van der Waals surface area (Å²) >= 11 is 0. The van der Waals surface area contributed by atoms with Crippen molar-refractivity contribution in [2.75, 3.05) is 19.8 Å². The van der Waals surface area contributed by atoms with E-state index in [1.54, 1.807) is 12.2 Å². The Bertz CT molecular complexity index is 678. The number of allylic oxidation sites excluding steroid dienone is 1. The molecule has 178 valence electrons. The molecular formula is C24H42O6Si. The molecule has 2 aliphatic rings. The van der Waals surface area contributed by atoms with E-state index in [4.69, 9.17) is 18.6 Å². The number of carbonyl (C=O) groups excluding carboxylic acids is 2. The quantitative estimate of drug-likeness (QED) is 0.277. The van der Waals surface area contributed by atoms with E-state index in [0.29, 0.717) is 26.2 Å². The summed E-state index contributed by atoms with van der Waals surface area (Å²) < 4.78 is 23.7. The molecule has 1 aliphatic carbocycles. The second kappa shape index (κ2) is 9.85. The van der Waals surface area contributed by atoms with Crippen LogP contribution in [0.3, 0.4) is 0 Å². The van der Waals surface area contributed by atoms with Crippen LogP contribution in [0.2, 0.25) is 18.1 Å². The molecule has 2 rings (SSSR count). The minimum absolute atomic E-state index is 0.0134. The van der Waals surface area contributed by atoms with Gasteiger partial charge in [0.1, 0.15) is 0 Å². The van der Waals surface area contributed by atoms with Crippen molar-refractivity contribution in [2.24, 2.45) is 11.3 Å². The number of rotatable bonds is 9. The summed E-state index contributed by atoms with van der Waals surface area (Å²) in [5.41, 5.74) is -0.880. The summed E-state index contributed by atoms with van der Waals surface area (Å²) in [7, 11) is -1.79. The molecule has 31 heavy (non-hydrogen) atoms. The van der Waals surface area contributed by atoms with Gasteiger partial charge < -0.3 is 18.6 Å². The SMILES string of the molecule is CCOC(=O)[C@@]1(CCCCO[Si](C)(C)C(C)(C)C)C=CC(=O)C[C@@H]1[C@@H]1COC(C)(C)O1. The lowest BCUT2D eigenvalue weighted by Crippen LogP contribution is -2.48. The summed E-state index contributed by atoms with van der Waals surface area (Å²) in [6.45, 7) is 18.1. The summed E-state index contributed by atoms with van der Waals surface area (Å²) in [4.78, 5) is 25.5. The molecule has 0 spiro atoms. The molecule has 0 saturated carbocycles. The smallest absolute Gasteiger partial charge is 0.316 e. The highest BCUT2D eigenvalue weighted by atomic mass is 28.4. The van der Waals surface area contributed by atoms with E-state index in [0.717, 1.165) is 12.8 Å². The van der Waals surface area contributed by atoms with Crippen LogP contribution in [-0.4, -0.2) is 51.8 Å². The third kappa shape index (κ3) is 6.27. The van der Waals surface area contributed by atoms with Crippen LogP contribution >= 0.6 is 0 Å². The van der Waals surface area contributed by atoms with Crippen LogP contribution in [0.5, 0.6) is 0 Å². The Morgan fingerprint density at radius 3 is 2.48 bits per heavy atom.